The second-order valence-electron chi connectivity index (χ2n) is 7.72. The standard InChI is InChI=1S/C20H25N7O7/c21-20-25-16-15(18(32)26-20)27(9-28)12(8-23-16)7-22-11-3-1-10(2-4-11)17(31)24-13(19(33)34)5-6-14(29)30/h1-4,9,12-13,15,20,22H,5-8,21H2,(H,23,25)(H,24,31)(H,26,32)(H,29,30)(H,33,34)/t12-,13+,15?,20?/m1/s1. The molecule has 0 aromatic heterocycles. The van der Waals surface area contributed by atoms with Crippen LogP contribution in [-0.2, 0) is 19.2 Å². The molecule has 2 aliphatic heterocycles. The molecule has 0 aliphatic carbocycles. The summed E-state index contributed by atoms with van der Waals surface area (Å²) in [5.74, 6) is -3.24. The summed E-state index contributed by atoms with van der Waals surface area (Å²) in [6, 6.07) is 3.50. The van der Waals surface area contributed by atoms with Crippen LogP contribution in [0.4, 0.5) is 5.69 Å². The number of nitrogens with zero attached hydrogens (tertiary/aromatic N) is 2. The largest absolute Gasteiger partial charge is 0.481 e. The van der Waals surface area contributed by atoms with Gasteiger partial charge in [-0.15, -0.1) is 0 Å². The van der Waals surface area contributed by atoms with E-state index in [1.807, 2.05) is 0 Å². The molecule has 0 saturated carbocycles. The van der Waals surface area contributed by atoms with Gasteiger partial charge in [0.25, 0.3) is 11.8 Å². The van der Waals surface area contributed by atoms with E-state index in [2.05, 4.69) is 26.3 Å². The van der Waals surface area contributed by atoms with E-state index in [1.165, 1.54) is 17.0 Å². The highest BCUT2D eigenvalue weighted by molar-refractivity contribution is 6.10. The SMILES string of the molecule is NC1NC(=O)C2C(=NC[C@@H](CNc3ccc(C(=O)N[C@@H](CCC(=O)O)C(=O)O)cc3)N2C=O)N1. The Kier molecular flexibility index (Phi) is 7.63. The number of aliphatic imine (C=N–C) groups is 1. The third-order valence-corrected chi connectivity index (χ3v) is 5.36. The van der Waals surface area contributed by atoms with E-state index in [0.29, 0.717) is 17.9 Å². The fourth-order valence-corrected chi connectivity index (χ4v) is 3.61. The summed E-state index contributed by atoms with van der Waals surface area (Å²) in [5, 5.41) is 28.6. The molecule has 1 saturated heterocycles. The summed E-state index contributed by atoms with van der Waals surface area (Å²) >= 11 is 0. The molecular formula is C20H25N7O7. The van der Waals surface area contributed by atoms with Gasteiger partial charge in [0, 0.05) is 24.2 Å². The lowest BCUT2D eigenvalue weighted by molar-refractivity contribution is -0.140. The Bertz CT molecular complexity index is 997. The van der Waals surface area contributed by atoms with Crippen molar-refractivity contribution in [3.63, 3.8) is 0 Å². The van der Waals surface area contributed by atoms with Crippen LogP contribution in [-0.4, -0.2) is 88.6 Å². The maximum Gasteiger partial charge on any atom is 0.326 e. The molecule has 3 rings (SSSR count). The van der Waals surface area contributed by atoms with Gasteiger partial charge in [0.05, 0.1) is 12.6 Å². The van der Waals surface area contributed by atoms with Crippen LogP contribution in [0.2, 0.25) is 0 Å². The van der Waals surface area contributed by atoms with Crippen LogP contribution in [0.5, 0.6) is 0 Å². The van der Waals surface area contributed by atoms with Gasteiger partial charge in [0.15, 0.2) is 12.3 Å². The van der Waals surface area contributed by atoms with E-state index >= 15 is 0 Å². The van der Waals surface area contributed by atoms with Gasteiger partial charge in [-0.05, 0) is 30.7 Å². The third kappa shape index (κ3) is 5.78. The minimum Gasteiger partial charge on any atom is -0.481 e. The van der Waals surface area contributed by atoms with Crippen LogP contribution in [0.1, 0.15) is 23.2 Å². The topological polar surface area (TPSA) is 216 Å². The summed E-state index contributed by atoms with van der Waals surface area (Å²) < 4.78 is 0. The van der Waals surface area contributed by atoms with E-state index in [9.17, 15) is 29.1 Å². The first-order valence-corrected chi connectivity index (χ1v) is 10.4. The Labute approximate surface area is 193 Å². The fourth-order valence-electron chi connectivity index (χ4n) is 3.61. The van der Waals surface area contributed by atoms with Crippen LogP contribution in [0.15, 0.2) is 29.3 Å². The van der Waals surface area contributed by atoms with Crippen molar-refractivity contribution < 1.29 is 34.2 Å². The quantitative estimate of drug-likeness (QED) is 0.180. The number of hydrogen-bond donors (Lipinski definition) is 7. The molecule has 1 aromatic carbocycles. The molecule has 1 fully saturated rings. The monoisotopic (exact) mass is 475 g/mol. The molecular weight excluding hydrogens is 450 g/mol. The highest BCUT2D eigenvalue weighted by Gasteiger charge is 2.41. The minimum absolute atomic E-state index is 0.190. The second-order valence-corrected chi connectivity index (χ2v) is 7.72. The summed E-state index contributed by atoms with van der Waals surface area (Å²) in [6.07, 6.45) is -0.824. The highest BCUT2D eigenvalue weighted by Crippen LogP contribution is 2.16. The number of carboxylic acid groups (broad SMARTS) is 2. The molecule has 34 heavy (non-hydrogen) atoms. The third-order valence-electron chi connectivity index (χ3n) is 5.36. The molecule has 182 valence electrons. The zero-order valence-corrected chi connectivity index (χ0v) is 17.9. The summed E-state index contributed by atoms with van der Waals surface area (Å²) in [4.78, 5) is 63.9. The number of anilines is 1. The number of fused-ring (bicyclic) bond motifs is 1. The lowest BCUT2D eigenvalue weighted by atomic mass is 10.1. The van der Waals surface area contributed by atoms with Gasteiger partial charge in [-0.1, -0.05) is 0 Å². The maximum atomic E-state index is 12.3. The molecule has 0 bridgehead atoms. The molecule has 2 heterocycles. The lowest BCUT2D eigenvalue weighted by Gasteiger charge is -2.42. The molecule has 3 amide bonds. The predicted octanol–water partition coefficient (Wildman–Crippen LogP) is -2.28. The Morgan fingerprint density at radius 1 is 1.24 bits per heavy atom. The number of aliphatic carboxylic acids is 2. The van der Waals surface area contributed by atoms with Crippen LogP contribution in [0, 0.1) is 0 Å². The zero-order valence-electron chi connectivity index (χ0n) is 17.9. The smallest absolute Gasteiger partial charge is 0.326 e. The molecule has 14 heteroatoms. The van der Waals surface area contributed by atoms with Crippen molar-refractivity contribution in [1.82, 2.24) is 20.9 Å². The minimum atomic E-state index is -1.33. The molecule has 14 nitrogen and oxygen atoms in total. The number of nitrogens with two attached hydrogens (primary N) is 1. The molecule has 1 aromatic rings. The van der Waals surface area contributed by atoms with Crippen molar-refractivity contribution in [1.29, 1.82) is 0 Å². The number of nitrogens with one attached hydrogen (secondary N) is 4. The van der Waals surface area contributed by atoms with Gasteiger partial charge in [-0.25, -0.2) is 4.79 Å². The van der Waals surface area contributed by atoms with Crippen LogP contribution < -0.4 is 27.0 Å². The van der Waals surface area contributed by atoms with E-state index in [4.69, 9.17) is 10.8 Å². The van der Waals surface area contributed by atoms with Crippen LogP contribution in [0.25, 0.3) is 0 Å². The van der Waals surface area contributed by atoms with Gasteiger partial charge in [-0.2, -0.15) is 0 Å². The van der Waals surface area contributed by atoms with Crippen molar-refractivity contribution in [2.75, 3.05) is 18.4 Å². The van der Waals surface area contributed by atoms with E-state index in [1.54, 1.807) is 12.1 Å². The number of hydrogen-bond acceptors (Lipinski definition) is 9. The predicted molar refractivity (Wildman–Crippen MR) is 118 cm³/mol. The van der Waals surface area contributed by atoms with E-state index in [-0.39, 0.29) is 25.1 Å². The second kappa shape index (κ2) is 10.6. The van der Waals surface area contributed by atoms with Gasteiger partial charge >= 0.3 is 11.9 Å². The van der Waals surface area contributed by atoms with Crippen LogP contribution in [0.3, 0.4) is 0 Å². The Hall–Kier alpha value is -4.20. The van der Waals surface area contributed by atoms with Crippen molar-refractivity contribution in [2.24, 2.45) is 10.7 Å². The molecule has 8 N–H and O–H groups in total. The normalized spacial score (nSPS) is 22.3. The first kappa shape index (κ1) is 24.4. The average molecular weight is 475 g/mol. The van der Waals surface area contributed by atoms with Gasteiger partial charge < -0.3 is 36.4 Å². The summed E-state index contributed by atoms with van der Waals surface area (Å²) in [5.41, 5.74) is 6.47. The highest BCUT2D eigenvalue weighted by atomic mass is 16.4. The molecule has 0 radical (unpaired) electrons. The molecule has 2 aliphatic rings. The maximum absolute atomic E-state index is 12.3. The molecule has 4 atom stereocenters. The summed E-state index contributed by atoms with van der Waals surface area (Å²) in [7, 11) is 0. The number of rotatable bonds is 10. The first-order valence-electron chi connectivity index (χ1n) is 10.4. The number of carboxylic acids is 2. The number of benzene rings is 1. The molecule has 2 unspecified atom stereocenters. The number of carbonyl (C=O) groups excluding carboxylic acids is 3. The average Bonchev–Trinajstić information content (AvgIpc) is 2.79. The van der Waals surface area contributed by atoms with Crippen molar-refractivity contribution >= 4 is 41.7 Å². The van der Waals surface area contributed by atoms with Gasteiger partial charge in [-0.3, -0.25) is 29.9 Å². The molecule has 0 spiro atoms. The van der Waals surface area contributed by atoms with E-state index < -0.39 is 54.6 Å². The lowest BCUT2D eigenvalue weighted by Crippen LogP contribution is -2.72. The first-order chi connectivity index (χ1) is 16.2. The zero-order chi connectivity index (χ0) is 24.8. The van der Waals surface area contributed by atoms with Crippen molar-refractivity contribution in [2.45, 2.75) is 37.3 Å². The number of amides is 3. The van der Waals surface area contributed by atoms with Crippen molar-refractivity contribution in [3.05, 3.63) is 29.8 Å². The van der Waals surface area contributed by atoms with E-state index in [0.717, 1.165) is 0 Å². The Morgan fingerprint density at radius 3 is 2.56 bits per heavy atom. The number of amidine groups is 1. The Morgan fingerprint density at radius 2 is 1.94 bits per heavy atom. The van der Waals surface area contributed by atoms with Gasteiger partial charge in [0.1, 0.15) is 11.9 Å². The summed E-state index contributed by atoms with van der Waals surface area (Å²) in [6.45, 7) is 0.519. The van der Waals surface area contributed by atoms with Crippen LogP contribution >= 0.6 is 0 Å². The van der Waals surface area contributed by atoms with Gasteiger partial charge in [0.2, 0.25) is 6.41 Å². The van der Waals surface area contributed by atoms with Crippen molar-refractivity contribution in [3.8, 4) is 0 Å². The fraction of sp³-hybridized carbons (Fsp3) is 0.400. The Balaban J connectivity index is 1.59. The number of carbonyl (C=O) groups is 5.